The van der Waals surface area contributed by atoms with Crippen LogP contribution in [0.3, 0.4) is 0 Å². The van der Waals surface area contributed by atoms with Gasteiger partial charge in [-0.05, 0) is 18.2 Å². The third-order valence-electron chi connectivity index (χ3n) is 2.36. The summed E-state index contributed by atoms with van der Waals surface area (Å²) in [6, 6.07) is 4.18. The van der Waals surface area contributed by atoms with Crippen molar-refractivity contribution in [2.24, 2.45) is 0 Å². The second-order valence-electron chi connectivity index (χ2n) is 3.62. The Morgan fingerprint density at radius 1 is 1.56 bits per heavy atom. The number of benzene rings is 1. The lowest BCUT2D eigenvalue weighted by Crippen LogP contribution is -2.24. The molecule has 1 aromatic carbocycles. The highest BCUT2D eigenvalue weighted by atomic mass is 79.9. The predicted molar refractivity (Wildman–Crippen MR) is 68.3 cm³/mol. The van der Waals surface area contributed by atoms with Gasteiger partial charge in [0.1, 0.15) is 11.6 Å². The number of aromatic nitrogens is 2. The standard InChI is InChI=1S/C11H10BrFN4O/c12-7-1-2-9(13)8(3-7)11(18)15-4-6-5-16-17-10(6)14/h1-3,5H,4H2,(H,15,18)(H3,14,16,17). The minimum atomic E-state index is -0.573. The summed E-state index contributed by atoms with van der Waals surface area (Å²) in [7, 11) is 0. The first kappa shape index (κ1) is 12.6. The third-order valence-corrected chi connectivity index (χ3v) is 2.86. The third kappa shape index (κ3) is 2.67. The maximum Gasteiger partial charge on any atom is 0.254 e. The molecule has 7 heteroatoms. The van der Waals surface area contributed by atoms with Crippen LogP contribution in [0.1, 0.15) is 15.9 Å². The lowest BCUT2D eigenvalue weighted by molar-refractivity contribution is 0.0947. The first-order valence-corrected chi connectivity index (χ1v) is 5.88. The first-order valence-electron chi connectivity index (χ1n) is 5.09. The highest BCUT2D eigenvalue weighted by molar-refractivity contribution is 9.10. The lowest BCUT2D eigenvalue weighted by Gasteiger charge is -2.05. The largest absolute Gasteiger partial charge is 0.384 e. The van der Waals surface area contributed by atoms with Crippen molar-refractivity contribution < 1.29 is 9.18 Å². The molecule has 0 aliphatic rings. The number of hydrogen-bond acceptors (Lipinski definition) is 3. The average Bonchev–Trinajstić information content (AvgIpc) is 2.75. The van der Waals surface area contributed by atoms with Crippen molar-refractivity contribution in [3.8, 4) is 0 Å². The van der Waals surface area contributed by atoms with Gasteiger partial charge in [0, 0.05) is 16.6 Å². The number of rotatable bonds is 3. The van der Waals surface area contributed by atoms with Crippen LogP contribution in [0.15, 0.2) is 28.9 Å². The minimum absolute atomic E-state index is 0.0218. The van der Waals surface area contributed by atoms with Gasteiger partial charge in [0.25, 0.3) is 5.91 Å². The number of nitrogens with zero attached hydrogens (tertiary/aromatic N) is 1. The number of hydrogen-bond donors (Lipinski definition) is 3. The normalized spacial score (nSPS) is 10.3. The molecule has 0 radical (unpaired) electrons. The molecular formula is C11H10BrFN4O. The molecule has 0 spiro atoms. The van der Waals surface area contributed by atoms with Gasteiger partial charge in [0.15, 0.2) is 0 Å². The number of H-pyrrole nitrogens is 1. The fraction of sp³-hybridized carbons (Fsp3) is 0.0909. The number of halogens is 2. The zero-order valence-corrected chi connectivity index (χ0v) is 10.8. The van der Waals surface area contributed by atoms with Crippen molar-refractivity contribution in [2.75, 3.05) is 5.73 Å². The van der Waals surface area contributed by atoms with Crippen LogP contribution in [0, 0.1) is 5.82 Å². The minimum Gasteiger partial charge on any atom is -0.384 e. The van der Waals surface area contributed by atoms with Crippen LogP contribution >= 0.6 is 15.9 Å². The molecule has 0 saturated carbocycles. The Bertz CT molecular complexity index is 584. The molecule has 1 aromatic heterocycles. The van der Waals surface area contributed by atoms with E-state index in [9.17, 15) is 9.18 Å². The van der Waals surface area contributed by atoms with E-state index in [0.717, 1.165) is 0 Å². The van der Waals surface area contributed by atoms with E-state index in [0.29, 0.717) is 15.9 Å². The zero-order chi connectivity index (χ0) is 13.1. The molecule has 1 amide bonds. The van der Waals surface area contributed by atoms with Gasteiger partial charge in [-0.25, -0.2) is 4.39 Å². The molecule has 5 nitrogen and oxygen atoms in total. The van der Waals surface area contributed by atoms with Gasteiger partial charge in [-0.1, -0.05) is 15.9 Å². The van der Waals surface area contributed by atoms with Crippen LogP contribution in [-0.4, -0.2) is 16.1 Å². The SMILES string of the molecule is Nc1[nH]ncc1CNC(=O)c1cc(Br)ccc1F. The second-order valence-corrected chi connectivity index (χ2v) is 4.53. The average molecular weight is 313 g/mol. The Kier molecular flexibility index (Phi) is 3.61. The molecule has 0 unspecified atom stereocenters. The number of nitrogens with one attached hydrogen (secondary N) is 2. The molecular weight excluding hydrogens is 303 g/mol. The van der Waals surface area contributed by atoms with E-state index in [-0.39, 0.29) is 12.1 Å². The van der Waals surface area contributed by atoms with Crippen molar-refractivity contribution in [3.63, 3.8) is 0 Å². The molecule has 0 atom stereocenters. The maximum atomic E-state index is 13.4. The summed E-state index contributed by atoms with van der Waals surface area (Å²) >= 11 is 3.18. The Balaban J connectivity index is 2.08. The van der Waals surface area contributed by atoms with Gasteiger partial charge in [-0.2, -0.15) is 5.10 Å². The van der Waals surface area contributed by atoms with Crippen LogP contribution in [0.2, 0.25) is 0 Å². The van der Waals surface area contributed by atoms with E-state index in [4.69, 9.17) is 5.73 Å². The number of aromatic amines is 1. The van der Waals surface area contributed by atoms with E-state index in [1.165, 1.54) is 24.4 Å². The molecule has 0 aliphatic heterocycles. The van der Waals surface area contributed by atoms with Gasteiger partial charge < -0.3 is 11.1 Å². The molecule has 0 fully saturated rings. The molecule has 1 heterocycles. The number of anilines is 1. The van der Waals surface area contributed by atoms with Crippen molar-refractivity contribution >= 4 is 27.7 Å². The van der Waals surface area contributed by atoms with Gasteiger partial charge >= 0.3 is 0 Å². The van der Waals surface area contributed by atoms with Crippen LogP contribution in [-0.2, 0) is 6.54 Å². The zero-order valence-electron chi connectivity index (χ0n) is 9.21. The predicted octanol–water partition coefficient (Wildman–Crippen LogP) is 1.82. The van der Waals surface area contributed by atoms with Crippen molar-refractivity contribution in [1.82, 2.24) is 15.5 Å². The van der Waals surface area contributed by atoms with Crippen LogP contribution in [0.5, 0.6) is 0 Å². The van der Waals surface area contributed by atoms with E-state index < -0.39 is 11.7 Å². The van der Waals surface area contributed by atoms with Crippen molar-refractivity contribution in [3.05, 3.63) is 45.8 Å². The summed E-state index contributed by atoms with van der Waals surface area (Å²) in [5.74, 6) is -0.699. The number of nitrogens with two attached hydrogens (primary N) is 1. The summed E-state index contributed by atoms with van der Waals surface area (Å²) in [5.41, 5.74) is 6.20. The lowest BCUT2D eigenvalue weighted by atomic mass is 10.2. The molecule has 4 N–H and O–H groups in total. The summed E-state index contributed by atoms with van der Waals surface area (Å²) in [6.07, 6.45) is 1.51. The number of nitrogen functional groups attached to an aromatic ring is 1. The van der Waals surface area contributed by atoms with Crippen LogP contribution in [0.25, 0.3) is 0 Å². The summed E-state index contributed by atoms with van der Waals surface area (Å²) in [6.45, 7) is 0.188. The fourth-order valence-electron chi connectivity index (χ4n) is 1.40. The fourth-order valence-corrected chi connectivity index (χ4v) is 1.77. The van der Waals surface area contributed by atoms with E-state index in [1.807, 2.05) is 0 Å². The maximum absolute atomic E-state index is 13.4. The highest BCUT2D eigenvalue weighted by Crippen LogP contribution is 2.15. The Hall–Kier alpha value is -1.89. The van der Waals surface area contributed by atoms with Gasteiger partial charge in [0.2, 0.25) is 0 Å². The van der Waals surface area contributed by atoms with Crippen molar-refractivity contribution in [1.29, 1.82) is 0 Å². The van der Waals surface area contributed by atoms with Gasteiger partial charge in [0.05, 0.1) is 11.8 Å². The summed E-state index contributed by atoms with van der Waals surface area (Å²) in [5, 5.41) is 8.84. The molecule has 94 valence electrons. The Labute approximate surface area is 111 Å². The highest BCUT2D eigenvalue weighted by Gasteiger charge is 2.12. The Morgan fingerprint density at radius 3 is 3.00 bits per heavy atom. The van der Waals surface area contributed by atoms with E-state index in [1.54, 1.807) is 0 Å². The summed E-state index contributed by atoms with van der Waals surface area (Å²) < 4.78 is 14.1. The number of amides is 1. The van der Waals surface area contributed by atoms with E-state index >= 15 is 0 Å². The molecule has 0 bridgehead atoms. The molecule has 18 heavy (non-hydrogen) atoms. The first-order chi connectivity index (χ1) is 8.58. The monoisotopic (exact) mass is 312 g/mol. The molecule has 2 aromatic rings. The number of carbonyl (C=O) groups is 1. The van der Waals surface area contributed by atoms with Crippen LogP contribution < -0.4 is 11.1 Å². The summed E-state index contributed by atoms with van der Waals surface area (Å²) in [4.78, 5) is 11.8. The van der Waals surface area contributed by atoms with Gasteiger partial charge in [-0.3, -0.25) is 9.89 Å². The smallest absolute Gasteiger partial charge is 0.254 e. The molecule has 0 aliphatic carbocycles. The van der Waals surface area contributed by atoms with Crippen LogP contribution in [0.4, 0.5) is 10.2 Å². The molecule has 0 saturated heterocycles. The Morgan fingerprint density at radius 2 is 2.33 bits per heavy atom. The quantitative estimate of drug-likeness (QED) is 0.808. The van der Waals surface area contributed by atoms with Gasteiger partial charge in [-0.15, -0.1) is 0 Å². The van der Waals surface area contributed by atoms with Crippen molar-refractivity contribution in [2.45, 2.75) is 6.54 Å². The topological polar surface area (TPSA) is 83.8 Å². The van der Waals surface area contributed by atoms with E-state index in [2.05, 4.69) is 31.4 Å². The molecule has 2 rings (SSSR count). The number of carbonyl (C=O) groups excluding carboxylic acids is 1. The second kappa shape index (κ2) is 5.18.